The highest BCUT2D eigenvalue weighted by atomic mass is 32.2. The van der Waals surface area contributed by atoms with Crippen molar-refractivity contribution in [2.45, 2.75) is 59.0 Å². The van der Waals surface area contributed by atoms with Gasteiger partial charge in [-0.05, 0) is 50.2 Å². The highest BCUT2D eigenvalue weighted by Gasteiger charge is 2.42. The summed E-state index contributed by atoms with van der Waals surface area (Å²) < 4.78 is 26.0. The molecule has 0 radical (unpaired) electrons. The summed E-state index contributed by atoms with van der Waals surface area (Å²) in [6.07, 6.45) is 4.96. The zero-order valence-corrected chi connectivity index (χ0v) is 22.7. The summed E-state index contributed by atoms with van der Waals surface area (Å²) in [5, 5.41) is 9.79. The van der Waals surface area contributed by atoms with Gasteiger partial charge in [-0.3, -0.25) is 19.1 Å². The molecule has 0 spiro atoms. The zero-order valence-electron chi connectivity index (χ0n) is 20.2. The fourth-order valence-electron chi connectivity index (χ4n) is 5.20. The van der Waals surface area contributed by atoms with E-state index in [-0.39, 0.29) is 28.5 Å². The molecule has 3 aliphatic heterocycles. The number of carbonyl (C=O) groups is 1. The normalized spacial score (nSPS) is 25.5. The fourth-order valence-corrected chi connectivity index (χ4v) is 8.28. The van der Waals surface area contributed by atoms with Crippen molar-refractivity contribution in [3.8, 4) is 6.07 Å². The molecule has 8 nitrogen and oxygen atoms in total. The number of hydrogen-bond acceptors (Lipinski definition) is 8. The van der Waals surface area contributed by atoms with Gasteiger partial charge in [0.1, 0.15) is 21.8 Å². The number of sulfone groups is 1. The van der Waals surface area contributed by atoms with E-state index >= 15 is 0 Å². The Morgan fingerprint density at radius 1 is 1.29 bits per heavy atom. The van der Waals surface area contributed by atoms with Gasteiger partial charge in [-0.2, -0.15) is 5.26 Å². The van der Waals surface area contributed by atoms with Crippen LogP contribution in [0.5, 0.6) is 0 Å². The number of aromatic nitrogens is 1. The van der Waals surface area contributed by atoms with Crippen LogP contribution >= 0.6 is 24.0 Å². The SMILES string of the molecule is CCCn1c(N2CCCC(C)C2)c(/C=C2/SC(=S)N(C3CCS(=O)(=O)C3)C2=O)c(C)c(C#N)c1=O. The Labute approximate surface area is 215 Å². The Morgan fingerprint density at radius 2 is 2.03 bits per heavy atom. The van der Waals surface area contributed by atoms with Gasteiger partial charge < -0.3 is 4.90 Å². The van der Waals surface area contributed by atoms with Crippen molar-refractivity contribution < 1.29 is 13.2 Å². The van der Waals surface area contributed by atoms with Gasteiger partial charge in [0.05, 0.1) is 22.5 Å². The van der Waals surface area contributed by atoms with E-state index in [4.69, 9.17) is 12.2 Å². The lowest BCUT2D eigenvalue weighted by Gasteiger charge is -2.36. The molecule has 4 heterocycles. The molecule has 2 unspecified atom stereocenters. The molecule has 1 aromatic rings. The van der Waals surface area contributed by atoms with Crippen LogP contribution < -0.4 is 10.5 Å². The number of nitriles is 1. The Balaban J connectivity index is 1.85. The lowest BCUT2D eigenvalue weighted by molar-refractivity contribution is -0.123. The minimum absolute atomic E-state index is 0.0533. The molecule has 4 rings (SSSR count). The number of anilines is 1. The Bertz CT molecular complexity index is 1310. The maximum Gasteiger partial charge on any atom is 0.270 e. The lowest BCUT2D eigenvalue weighted by Crippen LogP contribution is -2.40. The highest BCUT2D eigenvalue weighted by molar-refractivity contribution is 8.26. The van der Waals surface area contributed by atoms with E-state index in [9.17, 15) is 23.3 Å². The molecular formula is C24H30N4O4S3. The van der Waals surface area contributed by atoms with Crippen LogP contribution in [0, 0.1) is 24.2 Å². The number of pyridine rings is 1. The summed E-state index contributed by atoms with van der Waals surface area (Å²) in [6, 6.07) is 1.62. The van der Waals surface area contributed by atoms with Crippen LogP contribution in [0.2, 0.25) is 0 Å². The van der Waals surface area contributed by atoms with E-state index in [1.807, 2.05) is 6.92 Å². The number of thioether (sulfide) groups is 1. The Hall–Kier alpha value is -2.16. The molecule has 0 bridgehead atoms. The average molecular weight is 535 g/mol. The molecule has 11 heteroatoms. The fraction of sp³-hybridized carbons (Fsp3) is 0.583. The summed E-state index contributed by atoms with van der Waals surface area (Å²) >= 11 is 6.63. The third-order valence-corrected chi connectivity index (χ3v) is 10.0. The van der Waals surface area contributed by atoms with Gasteiger partial charge in [-0.25, -0.2) is 8.42 Å². The van der Waals surface area contributed by atoms with E-state index in [1.165, 1.54) is 4.90 Å². The van der Waals surface area contributed by atoms with Gasteiger partial charge in [0.25, 0.3) is 11.5 Å². The maximum absolute atomic E-state index is 13.4. The topological polar surface area (TPSA) is 103 Å². The molecule has 3 fully saturated rings. The molecule has 0 aromatic carbocycles. The summed E-state index contributed by atoms with van der Waals surface area (Å²) in [7, 11) is -3.18. The number of hydrogen-bond donors (Lipinski definition) is 0. The van der Waals surface area contributed by atoms with Crippen molar-refractivity contribution in [2.24, 2.45) is 5.92 Å². The van der Waals surface area contributed by atoms with Crippen LogP contribution in [0.1, 0.15) is 56.2 Å². The van der Waals surface area contributed by atoms with Crippen LogP contribution in [-0.4, -0.2) is 58.7 Å². The molecule has 2 atom stereocenters. The second-order valence-electron chi connectivity index (χ2n) is 9.61. The van der Waals surface area contributed by atoms with Gasteiger partial charge in [-0.1, -0.05) is 37.8 Å². The molecular weight excluding hydrogens is 504 g/mol. The zero-order chi connectivity index (χ0) is 25.5. The first kappa shape index (κ1) is 25.9. The van der Waals surface area contributed by atoms with Gasteiger partial charge in [0.2, 0.25) is 0 Å². The summed E-state index contributed by atoms with van der Waals surface area (Å²) in [6.45, 7) is 7.97. The standard InChI is InChI=1S/C24H30N4O4S3/c1-4-8-27-21(26-9-5-6-15(2)13-26)18(16(3)19(12-25)22(27)29)11-20-23(30)28(24(33)34-20)17-7-10-35(31,32)14-17/h11,15,17H,4-10,13-14H2,1-3H3/b20-11+. The van der Waals surface area contributed by atoms with Gasteiger partial charge in [-0.15, -0.1) is 0 Å². The molecule has 3 saturated heterocycles. The largest absolute Gasteiger partial charge is 0.357 e. The first-order chi connectivity index (χ1) is 16.6. The predicted octanol–water partition coefficient (Wildman–Crippen LogP) is 3.06. The smallest absolute Gasteiger partial charge is 0.270 e. The Morgan fingerprint density at radius 3 is 2.63 bits per heavy atom. The minimum Gasteiger partial charge on any atom is -0.357 e. The molecule has 0 aliphatic carbocycles. The van der Waals surface area contributed by atoms with Crippen LogP contribution in [0.25, 0.3) is 6.08 Å². The number of thiocarbonyl (C=S) groups is 1. The molecule has 0 N–H and O–H groups in total. The molecule has 188 valence electrons. The summed E-state index contributed by atoms with van der Waals surface area (Å²) in [5.74, 6) is 0.861. The number of amides is 1. The van der Waals surface area contributed by atoms with Crippen molar-refractivity contribution in [3.05, 3.63) is 31.9 Å². The van der Waals surface area contributed by atoms with E-state index in [0.29, 0.717) is 39.2 Å². The number of piperidine rings is 1. The molecule has 0 saturated carbocycles. The quantitative estimate of drug-likeness (QED) is 0.419. The number of nitrogens with zero attached hydrogens (tertiary/aromatic N) is 4. The van der Waals surface area contributed by atoms with E-state index in [2.05, 4.69) is 17.9 Å². The van der Waals surface area contributed by atoms with Crippen molar-refractivity contribution in [1.29, 1.82) is 5.26 Å². The van der Waals surface area contributed by atoms with Crippen LogP contribution in [0.4, 0.5) is 5.82 Å². The van der Waals surface area contributed by atoms with Crippen molar-refractivity contribution in [1.82, 2.24) is 9.47 Å². The first-order valence-electron chi connectivity index (χ1n) is 12.0. The minimum atomic E-state index is -3.18. The molecule has 1 amide bonds. The van der Waals surface area contributed by atoms with Gasteiger partial charge >= 0.3 is 0 Å². The van der Waals surface area contributed by atoms with Crippen molar-refractivity contribution >= 4 is 55.9 Å². The van der Waals surface area contributed by atoms with E-state index in [1.54, 1.807) is 17.6 Å². The molecule has 1 aromatic heterocycles. The van der Waals surface area contributed by atoms with Crippen LogP contribution in [0.3, 0.4) is 0 Å². The predicted molar refractivity (Wildman–Crippen MR) is 143 cm³/mol. The van der Waals surface area contributed by atoms with Crippen molar-refractivity contribution in [2.75, 3.05) is 29.5 Å². The summed E-state index contributed by atoms with van der Waals surface area (Å²) in [4.78, 5) is 30.7. The lowest BCUT2D eigenvalue weighted by atomic mass is 9.98. The number of carbonyl (C=O) groups excluding carboxylic acids is 1. The van der Waals surface area contributed by atoms with Gasteiger partial charge in [0.15, 0.2) is 9.84 Å². The van der Waals surface area contributed by atoms with Gasteiger partial charge in [0, 0.05) is 25.2 Å². The highest BCUT2D eigenvalue weighted by Crippen LogP contribution is 2.39. The Kier molecular flexibility index (Phi) is 7.46. The summed E-state index contributed by atoms with van der Waals surface area (Å²) in [5.41, 5.74) is 1.01. The first-order valence-corrected chi connectivity index (χ1v) is 15.0. The van der Waals surface area contributed by atoms with E-state index in [0.717, 1.165) is 49.9 Å². The molecule has 35 heavy (non-hydrogen) atoms. The second kappa shape index (κ2) is 10.1. The van der Waals surface area contributed by atoms with E-state index < -0.39 is 15.9 Å². The third-order valence-electron chi connectivity index (χ3n) is 6.92. The second-order valence-corrected chi connectivity index (χ2v) is 13.5. The number of rotatable bonds is 5. The van der Waals surface area contributed by atoms with Crippen LogP contribution in [0.15, 0.2) is 9.70 Å². The molecule has 3 aliphatic rings. The average Bonchev–Trinajstić information content (AvgIpc) is 3.29. The van der Waals surface area contributed by atoms with Crippen LogP contribution in [-0.2, 0) is 21.2 Å². The maximum atomic E-state index is 13.4. The monoisotopic (exact) mass is 534 g/mol. The van der Waals surface area contributed by atoms with Crippen molar-refractivity contribution in [3.63, 3.8) is 0 Å². The third kappa shape index (κ3) is 4.93.